The maximum Gasteiger partial charge on any atom is 0.319 e. The minimum absolute atomic E-state index is 0.0648. The smallest absolute Gasteiger partial charge is 0.319 e. The molecule has 0 saturated carbocycles. The average Bonchev–Trinajstić information content (AvgIpc) is 2.61. The molecule has 1 aliphatic rings. The molecule has 0 aliphatic carbocycles. The second kappa shape index (κ2) is 7.25. The zero-order valence-corrected chi connectivity index (χ0v) is 14.3. The second-order valence-electron chi connectivity index (χ2n) is 5.96. The number of benzene rings is 2. The van der Waals surface area contributed by atoms with Crippen molar-refractivity contribution in [3.63, 3.8) is 0 Å². The van der Waals surface area contributed by atoms with Crippen LogP contribution in [0.3, 0.4) is 0 Å². The van der Waals surface area contributed by atoms with Crippen LogP contribution in [0.4, 0.5) is 16.2 Å². The molecule has 1 aliphatic heterocycles. The van der Waals surface area contributed by atoms with Crippen LogP contribution >= 0.6 is 0 Å². The summed E-state index contributed by atoms with van der Waals surface area (Å²) < 4.78 is 5.61. The van der Waals surface area contributed by atoms with E-state index in [1.54, 1.807) is 18.9 Å². The van der Waals surface area contributed by atoms with E-state index in [4.69, 9.17) is 4.74 Å². The summed E-state index contributed by atoms with van der Waals surface area (Å²) in [4.78, 5) is 25.5. The number of hydrogen-bond donors (Lipinski definition) is 2. The maximum atomic E-state index is 12.0. The van der Waals surface area contributed by atoms with Gasteiger partial charge in [-0.25, -0.2) is 4.79 Å². The fourth-order valence-corrected chi connectivity index (χ4v) is 2.73. The van der Waals surface area contributed by atoms with E-state index < -0.39 is 6.10 Å². The third-order valence-electron chi connectivity index (χ3n) is 4.10. The highest BCUT2D eigenvalue weighted by Crippen LogP contribution is 2.33. The molecule has 0 bridgehead atoms. The molecule has 1 unspecified atom stereocenters. The molecule has 6 heteroatoms. The minimum atomic E-state index is -0.466. The van der Waals surface area contributed by atoms with Gasteiger partial charge in [0, 0.05) is 19.3 Å². The van der Waals surface area contributed by atoms with Crippen LogP contribution in [0.2, 0.25) is 0 Å². The van der Waals surface area contributed by atoms with Gasteiger partial charge in [-0.15, -0.1) is 0 Å². The lowest BCUT2D eigenvalue weighted by Gasteiger charge is -2.30. The van der Waals surface area contributed by atoms with Crippen LogP contribution in [0.15, 0.2) is 48.5 Å². The molecule has 3 rings (SSSR count). The van der Waals surface area contributed by atoms with Gasteiger partial charge < -0.3 is 20.3 Å². The summed E-state index contributed by atoms with van der Waals surface area (Å²) in [6.45, 7) is 2.23. The van der Waals surface area contributed by atoms with Gasteiger partial charge in [-0.2, -0.15) is 0 Å². The van der Waals surface area contributed by atoms with E-state index in [1.807, 2.05) is 48.5 Å². The van der Waals surface area contributed by atoms with Crippen LogP contribution in [-0.2, 0) is 11.2 Å². The van der Waals surface area contributed by atoms with Gasteiger partial charge in [0.2, 0.25) is 0 Å². The lowest BCUT2D eigenvalue weighted by molar-refractivity contribution is -0.125. The number of hydrogen-bond acceptors (Lipinski definition) is 3. The highest BCUT2D eigenvalue weighted by molar-refractivity contribution is 5.99. The van der Waals surface area contributed by atoms with E-state index in [2.05, 4.69) is 10.6 Å². The number of likely N-dealkylation sites (N-methyl/N-ethyl adjacent to an activating group) is 1. The van der Waals surface area contributed by atoms with Crippen molar-refractivity contribution in [3.8, 4) is 5.75 Å². The average molecular weight is 339 g/mol. The van der Waals surface area contributed by atoms with Gasteiger partial charge in [0.25, 0.3) is 5.91 Å². The molecule has 6 nitrogen and oxygen atoms in total. The molecule has 1 heterocycles. The van der Waals surface area contributed by atoms with Gasteiger partial charge in [-0.3, -0.25) is 4.79 Å². The fourth-order valence-electron chi connectivity index (χ4n) is 2.73. The van der Waals surface area contributed by atoms with Gasteiger partial charge in [-0.05, 0) is 43.2 Å². The van der Waals surface area contributed by atoms with Gasteiger partial charge in [0.1, 0.15) is 5.75 Å². The second-order valence-corrected chi connectivity index (χ2v) is 5.96. The van der Waals surface area contributed by atoms with Crippen LogP contribution in [0.1, 0.15) is 12.5 Å². The quantitative estimate of drug-likeness (QED) is 0.900. The third-order valence-corrected chi connectivity index (χ3v) is 4.10. The standard InChI is InChI=1S/C19H21N3O3/c1-13-18(23)22(2)16-12-14(8-9-17(16)25-13)10-11-20-19(24)21-15-6-4-3-5-7-15/h3-9,12-13H,10-11H2,1-2H3,(H2,20,21,24). The number of ether oxygens (including phenoxy) is 1. The highest BCUT2D eigenvalue weighted by atomic mass is 16.5. The highest BCUT2D eigenvalue weighted by Gasteiger charge is 2.28. The van der Waals surface area contributed by atoms with E-state index >= 15 is 0 Å². The first-order valence-corrected chi connectivity index (χ1v) is 8.21. The fraction of sp³-hybridized carbons (Fsp3) is 0.263. The summed E-state index contributed by atoms with van der Waals surface area (Å²) in [5, 5.41) is 5.60. The van der Waals surface area contributed by atoms with Crippen molar-refractivity contribution >= 4 is 23.3 Å². The third kappa shape index (κ3) is 3.91. The summed E-state index contributed by atoms with van der Waals surface area (Å²) in [6.07, 6.45) is 0.194. The molecular weight excluding hydrogens is 318 g/mol. The van der Waals surface area contributed by atoms with Crippen LogP contribution in [0, 0.1) is 0 Å². The number of nitrogens with one attached hydrogen (secondary N) is 2. The number of carbonyl (C=O) groups is 2. The lowest BCUT2D eigenvalue weighted by Crippen LogP contribution is -2.42. The molecule has 130 valence electrons. The molecule has 25 heavy (non-hydrogen) atoms. The Labute approximate surface area is 146 Å². The molecule has 2 aromatic carbocycles. The molecule has 2 aromatic rings. The van der Waals surface area contributed by atoms with E-state index in [0.29, 0.717) is 18.7 Å². The summed E-state index contributed by atoms with van der Waals surface area (Å²) in [7, 11) is 1.75. The first-order chi connectivity index (χ1) is 12.0. The predicted molar refractivity (Wildman–Crippen MR) is 97.1 cm³/mol. The molecule has 0 spiro atoms. The number of rotatable bonds is 4. The molecule has 0 radical (unpaired) electrons. The Morgan fingerprint density at radius 2 is 1.96 bits per heavy atom. The molecule has 0 saturated heterocycles. The van der Waals surface area contributed by atoms with Crippen molar-refractivity contribution in [2.24, 2.45) is 0 Å². The van der Waals surface area contributed by atoms with Crippen molar-refractivity contribution < 1.29 is 14.3 Å². The van der Waals surface area contributed by atoms with Crippen LogP contribution in [0.25, 0.3) is 0 Å². The number of amides is 3. The summed E-state index contributed by atoms with van der Waals surface area (Å²) >= 11 is 0. The zero-order valence-electron chi connectivity index (χ0n) is 14.3. The van der Waals surface area contributed by atoms with Crippen LogP contribution in [0.5, 0.6) is 5.75 Å². The number of nitrogens with zero attached hydrogens (tertiary/aromatic N) is 1. The summed E-state index contributed by atoms with van der Waals surface area (Å²) in [5.74, 6) is 0.637. The Morgan fingerprint density at radius 3 is 2.72 bits per heavy atom. The Morgan fingerprint density at radius 1 is 1.20 bits per heavy atom. The Hall–Kier alpha value is -3.02. The number of urea groups is 1. The Bertz CT molecular complexity index is 777. The number of para-hydroxylation sites is 1. The summed E-state index contributed by atoms with van der Waals surface area (Å²) in [6, 6.07) is 14.8. The van der Waals surface area contributed by atoms with Crippen LogP contribution in [-0.4, -0.2) is 31.6 Å². The van der Waals surface area contributed by atoms with Gasteiger partial charge in [0.15, 0.2) is 6.10 Å². The Balaban J connectivity index is 1.56. The van der Waals surface area contributed by atoms with Crippen molar-refractivity contribution in [2.45, 2.75) is 19.4 Å². The SMILES string of the molecule is CC1Oc2ccc(CCNC(=O)Nc3ccccc3)cc2N(C)C1=O. The number of carbonyl (C=O) groups excluding carboxylic acids is 2. The number of fused-ring (bicyclic) bond motifs is 1. The molecule has 2 N–H and O–H groups in total. The monoisotopic (exact) mass is 339 g/mol. The topological polar surface area (TPSA) is 70.7 Å². The van der Waals surface area contributed by atoms with E-state index in [0.717, 1.165) is 16.9 Å². The van der Waals surface area contributed by atoms with Gasteiger partial charge in [0.05, 0.1) is 5.69 Å². The van der Waals surface area contributed by atoms with Gasteiger partial charge in [-0.1, -0.05) is 24.3 Å². The van der Waals surface area contributed by atoms with E-state index in [-0.39, 0.29) is 11.9 Å². The molecule has 0 aromatic heterocycles. The number of anilines is 2. The molecular formula is C19H21N3O3. The largest absolute Gasteiger partial charge is 0.479 e. The van der Waals surface area contributed by atoms with Gasteiger partial charge >= 0.3 is 6.03 Å². The van der Waals surface area contributed by atoms with Crippen molar-refractivity contribution in [1.29, 1.82) is 0 Å². The van der Waals surface area contributed by atoms with Crippen molar-refractivity contribution in [2.75, 3.05) is 23.8 Å². The van der Waals surface area contributed by atoms with E-state index in [9.17, 15) is 9.59 Å². The predicted octanol–water partition coefficient (Wildman–Crippen LogP) is 2.79. The summed E-state index contributed by atoms with van der Waals surface area (Å²) in [5.41, 5.74) is 2.53. The normalized spacial score (nSPS) is 16.0. The van der Waals surface area contributed by atoms with E-state index in [1.165, 1.54) is 0 Å². The Kier molecular flexibility index (Phi) is 4.88. The minimum Gasteiger partial charge on any atom is -0.479 e. The molecule has 0 fully saturated rings. The lowest BCUT2D eigenvalue weighted by atomic mass is 10.1. The first-order valence-electron chi connectivity index (χ1n) is 8.21. The maximum absolute atomic E-state index is 12.0. The first kappa shape index (κ1) is 16.8. The van der Waals surface area contributed by atoms with Crippen molar-refractivity contribution in [3.05, 3.63) is 54.1 Å². The zero-order chi connectivity index (χ0) is 17.8. The van der Waals surface area contributed by atoms with Crippen molar-refractivity contribution in [1.82, 2.24) is 5.32 Å². The molecule has 3 amide bonds. The van der Waals surface area contributed by atoms with Crippen LogP contribution < -0.4 is 20.3 Å². The molecule has 1 atom stereocenters.